The van der Waals surface area contributed by atoms with E-state index in [9.17, 15) is 4.79 Å². The minimum absolute atomic E-state index is 0.00554. The van der Waals surface area contributed by atoms with Gasteiger partial charge in [0.1, 0.15) is 5.75 Å². The fraction of sp³-hybridized carbons (Fsp3) is 0.696. The lowest BCUT2D eigenvalue weighted by Gasteiger charge is -2.47. The molecule has 4 atom stereocenters. The quantitative estimate of drug-likeness (QED) is 0.652. The zero-order chi connectivity index (χ0) is 21.8. The minimum Gasteiger partial charge on any atom is -0.484 e. The average Bonchev–Trinajstić information content (AvgIpc) is 3.28. The summed E-state index contributed by atoms with van der Waals surface area (Å²) in [6.07, 6.45) is 4.09. The third kappa shape index (κ3) is 5.10. The Labute approximate surface area is 185 Å². The number of halogens is 1. The van der Waals surface area contributed by atoms with Crippen LogP contribution in [0.4, 0.5) is 0 Å². The lowest BCUT2D eigenvalue weighted by atomic mass is 9.84. The van der Waals surface area contributed by atoms with Gasteiger partial charge in [0.25, 0.3) is 5.91 Å². The van der Waals surface area contributed by atoms with Crippen LogP contribution in [0.2, 0.25) is 5.02 Å². The van der Waals surface area contributed by atoms with Crippen molar-refractivity contribution < 1.29 is 19.0 Å². The summed E-state index contributed by atoms with van der Waals surface area (Å²) >= 11 is 6.24. The Kier molecular flexibility index (Phi) is 8.02. The number of rotatable bonds is 7. The highest BCUT2D eigenvalue weighted by molar-refractivity contribution is 6.32. The first kappa shape index (κ1) is 23.3. The number of amides is 1. The van der Waals surface area contributed by atoms with Crippen LogP contribution in [0.1, 0.15) is 36.8 Å². The molecule has 168 valence electrons. The van der Waals surface area contributed by atoms with E-state index in [0.717, 1.165) is 42.1 Å². The highest BCUT2D eigenvalue weighted by Crippen LogP contribution is 2.32. The first-order valence-electron chi connectivity index (χ1n) is 10.8. The largest absolute Gasteiger partial charge is 0.484 e. The first-order chi connectivity index (χ1) is 14.3. The number of benzene rings is 1. The molecule has 1 aromatic rings. The van der Waals surface area contributed by atoms with Gasteiger partial charge in [0.05, 0.1) is 12.2 Å². The van der Waals surface area contributed by atoms with Crippen molar-refractivity contribution in [3.8, 4) is 5.75 Å². The Bertz CT molecular complexity index is 715. The predicted octanol–water partition coefficient (Wildman–Crippen LogP) is 3.45. The van der Waals surface area contributed by atoms with Gasteiger partial charge >= 0.3 is 0 Å². The Morgan fingerprint density at radius 1 is 1.10 bits per heavy atom. The Morgan fingerprint density at radius 3 is 2.23 bits per heavy atom. The highest BCUT2D eigenvalue weighted by Gasteiger charge is 2.43. The molecule has 0 spiro atoms. The van der Waals surface area contributed by atoms with Crippen molar-refractivity contribution in [3.05, 3.63) is 28.3 Å². The molecular weight excluding hydrogens is 404 g/mol. The average molecular weight is 439 g/mol. The number of hydrogen-bond acceptors (Lipinski definition) is 5. The maximum absolute atomic E-state index is 13.0. The molecule has 7 heteroatoms. The number of nitrogens with zero attached hydrogens (tertiary/aromatic N) is 2. The Morgan fingerprint density at radius 2 is 1.67 bits per heavy atom. The van der Waals surface area contributed by atoms with Gasteiger partial charge < -0.3 is 19.1 Å². The summed E-state index contributed by atoms with van der Waals surface area (Å²) in [6, 6.07) is 4.10. The van der Waals surface area contributed by atoms with Gasteiger partial charge in [-0.2, -0.15) is 0 Å². The van der Waals surface area contributed by atoms with Crippen molar-refractivity contribution in [1.29, 1.82) is 0 Å². The molecule has 1 aromatic carbocycles. The van der Waals surface area contributed by atoms with Crippen LogP contribution < -0.4 is 4.74 Å². The van der Waals surface area contributed by atoms with Crippen molar-refractivity contribution in [2.45, 2.75) is 63.8 Å². The molecule has 0 N–H and O–H groups in total. The smallest absolute Gasteiger partial charge is 0.260 e. The molecule has 1 heterocycles. The van der Waals surface area contributed by atoms with Gasteiger partial charge in [0.15, 0.2) is 6.61 Å². The zero-order valence-electron chi connectivity index (χ0n) is 18.8. The summed E-state index contributed by atoms with van der Waals surface area (Å²) in [7, 11) is 5.36. The SMILES string of the molecule is CO[C@H]1C[C@@H](N(C)C(=O)COc2cc(C)c(Cl)c(C)c2)[C@H](N2CCCC2)C[C@H]1OC. The van der Waals surface area contributed by atoms with E-state index in [0.29, 0.717) is 5.75 Å². The highest BCUT2D eigenvalue weighted by atomic mass is 35.5. The van der Waals surface area contributed by atoms with Gasteiger partial charge in [-0.05, 0) is 75.9 Å². The van der Waals surface area contributed by atoms with Gasteiger partial charge in [0, 0.05) is 38.4 Å². The zero-order valence-corrected chi connectivity index (χ0v) is 19.6. The Balaban J connectivity index is 1.69. The van der Waals surface area contributed by atoms with Gasteiger partial charge in [-0.25, -0.2) is 0 Å². The van der Waals surface area contributed by atoms with Crippen LogP contribution in [0.5, 0.6) is 5.75 Å². The monoisotopic (exact) mass is 438 g/mol. The molecule has 1 amide bonds. The van der Waals surface area contributed by atoms with Crippen molar-refractivity contribution in [2.75, 3.05) is 41.0 Å². The van der Waals surface area contributed by atoms with Crippen molar-refractivity contribution in [3.63, 3.8) is 0 Å². The summed E-state index contributed by atoms with van der Waals surface area (Å²) < 4.78 is 17.3. The topological polar surface area (TPSA) is 51.2 Å². The number of methoxy groups -OCH3 is 2. The molecule has 1 aliphatic heterocycles. The van der Waals surface area contributed by atoms with E-state index in [1.54, 1.807) is 14.2 Å². The van der Waals surface area contributed by atoms with Gasteiger partial charge in [-0.1, -0.05) is 11.6 Å². The molecule has 0 bridgehead atoms. The number of aryl methyl sites for hydroxylation is 2. The van der Waals surface area contributed by atoms with Crippen LogP contribution in [-0.4, -0.2) is 81.0 Å². The lowest BCUT2D eigenvalue weighted by molar-refractivity contribution is -0.142. The normalized spacial score (nSPS) is 27.3. The van der Waals surface area contributed by atoms with Crippen LogP contribution in [-0.2, 0) is 14.3 Å². The van der Waals surface area contributed by atoms with Crippen molar-refractivity contribution in [2.24, 2.45) is 0 Å². The van der Waals surface area contributed by atoms with E-state index in [1.165, 1.54) is 12.8 Å². The van der Waals surface area contributed by atoms with Crippen LogP contribution in [0.3, 0.4) is 0 Å². The molecule has 0 radical (unpaired) electrons. The number of hydrogen-bond donors (Lipinski definition) is 0. The van der Waals surface area contributed by atoms with E-state index in [2.05, 4.69) is 4.90 Å². The molecule has 0 unspecified atom stereocenters. The maximum atomic E-state index is 13.0. The van der Waals surface area contributed by atoms with E-state index in [1.807, 2.05) is 37.9 Å². The number of likely N-dealkylation sites (N-methyl/N-ethyl adjacent to an activating group) is 1. The molecular formula is C23H35ClN2O4. The molecule has 2 aliphatic rings. The summed E-state index contributed by atoms with van der Waals surface area (Å²) in [4.78, 5) is 17.4. The number of carbonyl (C=O) groups excluding carboxylic acids is 1. The van der Waals surface area contributed by atoms with E-state index < -0.39 is 0 Å². The molecule has 0 aromatic heterocycles. The predicted molar refractivity (Wildman–Crippen MR) is 118 cm³/mol. The molecule has 6 nitrogen and oxygen atoms in total. The first-order valence-corrected chi connectivity index (χ1v) is 11.2. The molecule has 2 fully saturated rings. The number of likely N-dealkylation sites (tertiary alicyclic amines) is 1. The van der Waals surface area contributed by atoms with Crippen LogP contribution >= 0.6 is 11.6 Å². The minimum atomic E-state index is -0.0276. The van der Waals surface area contributed by atoms with Gasteiger partial charge in [-0.15, -0.1) is 0 Å². The number of carbonyl (C=O) groups is 1. The van der Waals surface area contributed by atoms with E-state index >= 15 is 0 Å². The molecule has 30 heavy (non-hydrogen) atoms. The van der Waals surface area contributed by atoms with E-state index in [-0.39, 0.29) is 36.8 Å². The molecule has 3 rings (SSSR count). The van der Waals surface area contributed by atoms with Crippen LogP contribution in [0, 0.1) is 13.8 Å². The third-order valence-electron chi connectivity index (χ3n) is 6.68. The summed E-state index contributed by atoms with van der Waals surface area (Å²) in [6.45, 7) is 6.05. The number of ether oxygens (including phenoxy) is 3. The molecule has 1 aliphatic carbocycles. The standard InChI is InChI=1S/C23H35ClN2O4/c1-15-10-17(11-16(2)23(15)24)30-14-22(27)25(3)18-12-20(28-4)21(29-5)13-19(18)26-8-6-7-9-26/h10-11,18-21H,6-9,12-14H2,1-5H3/t18-,19-,20+,21-/m1/s1. The summed E-state index contributed by atoms with van der Waals surface area (Å²) in [5, 5.41) is 0.736. The van der Waals surface area contributed by atoms with Crippen LogP contribution in [0.15, 0.2) is 12.1 Å². The molecule has 1 saturated heterocycles. The lowest BCUT2D eigenvalue weighted by Crippen LogP contribution is -2.59. The van der Waals surface area contributed by atoms with Crippen LogP contribution in [0.25, 0.3) is 0 Å². The fourth-order valence-corrected chi connectivity index (χ4v) is 5.00. The van der Waals surface area contributed by atoms with Crippen molar-refractivity contribution in [1.82, 2.24) is 9.80 Å². The second-order valence-corrected chi connectivity index (χ2v) is 8.94. The second-order valence-electron chi connectivity index (χ2n) is 8.56. The summed E-state index contributed by atoms with van der Waals surface area (Å²) in [5.74, 6) is 0.644. The third-order valence-corrected chi connectivity index (χ3v) is 7.28. The Hall–Kier alpha value is -1.34. The second kappa shape index (κ2) is 10.3. The maximum Gasteiger partial charge on any atom is 0.260 e. The molecule has 1 saturated carbocycles. The van der Waals surface area contributed by atoms with Crippen molar-refractivity contribution >= 4 is 17.5 Å². The van der Waals surface area contributed by atoms with Gasteiger partial charge in [-0.3, -0.25) is 9.69 Å². The fourth-order valence-electron chi connectivity index (χ4n) is 4.89. The summed E-state index contributed by atoms with van der Waals surface area (Å²) in [5.41, 5.74) is 1.89. The van der Waals surface area contributed by atoms with E-state index in [4.69, 9.17) is 25.8 Å². The van der Waals surface area contributed by atoms with Gasteiger partial charge in [0.2, 0.25) is 0 Å².